The van der Waals surface area contributed by atoms with Crippen LogP contribution in [0.2, 0.25) is 0 Å². The van der Waals surface area contributed by atoms with Crippen LogP contribution >= 0.6 is 0 Å². The van der Waals surface area contributed by atoms with Crippen molar-refractivity contribution < 1.29 is 4.79 Å². The van der Waals surface area contributed by atoms with Gasteiger partial charge in [-0.15, -0.1) is 0 Å². The fourth-order valence-electron chi connectivity index (χ4n) is 2.90. The van der Waals surface area contributed by atoms with Crippen LogP contribution in [-0.4, -0.2) is 56.1 Å². The number of carbonyl (C=O) groups excluding carboxylic acids is 1. The zero-order chi connectivity index (χ0) is 16.9. The van der Waals surface area contributed by atoms with E-state index in [4.69, 9.17) is 0 Å². The average molecular weight is 324 g/mol. The zero-order valence-corrected chi connectivity index (χ0v) is 14.3. The second-order valence-corrected chi connectivity index (χ2v) is 6.30. The van der Waals surface area contributed by atoms with Crippen molar-refractivity contribution >= 4 is 11.6 Å². The van der Waals surface area contributed by atoms with Gasteiger partial charge in [0.25, 0.3) is 5.91 Å². The molecule has 1 aliphatic rings. The summed E-state index contributed by atoms with van der Waals surface area (Å²) >= 11 is 0. The van der Waals surface area contributed by atoms with Crippen LogP contribution in [0.1, 0.15) is 16.8 Å². The minimum atomic E-state index is 0.0676. The van der Waals surface area contributed by atoms with Crippen molar-refractivity contribution in [1.29, 1.82) is 0 Å². The van der Waals surface area contributed by atoms with Gasteiger partial charge in [-0.1, -0.05) is 12.1 Å². The molecule has 0 unspecified atom stereocenters. The number of rotatable bonds is 3. The van der Waals surface area contributed by atoms with Gasteiger partial charge in [-0.2, -0.15) is 0 Å². The lowest BCUT2D eigenvalue weighted by molar-refractivity contribution is 0.0766. The Morgan fingerprint density at radius 3 is 2.62 bits per heavy atom. The second kappa shape index (κ2) is 7.45. The number of pyridine rings is 1. The molecule has 5 nitrogen and oxygen atoms in total. The molecule has 0 radical (unpaired) electrons. The molecule has 0 spiro atoms. The van der Waals surface area contributed by atoms with Gasteiger partial charge in [0.1, 0.15) is 0 Å². The fourth-order valence-corrected chi connectivity index (χ4v) is 2.90. The number of hydrogen-bond donors (Lipinski definition) is 1. The molecule has 1 aromatic carbocycles. The molecule has 1 amide bonds. The van der Waals surface area contributed by atoms with Crippen LogP contribution in [0.5, 0.6) is 0 Å². The number of hydrogen-bond acceptors (Lipinski definition) is 4. The van der Waals surface area contributed by atoms with E-state index < -0.39 is 0 Å². The van der Waals surface area contributed by atoms with E-state index in [2.05, 4.69) is 39.5 Å². The van der Waals surface area contributed by atoms with Crippen LogP contribution in [0.4, 0.5) is 5.69 Å². The van der Waals surface area contributed by atoms with E-state index in [1.54, 1.807) is 6.20 Å². The van der Waals surface area contributed by atoms with Crippen molar-refractivity contribution in [3.63, 3.8) is 0 Å². The molecule has 0 saturated carbocycles. The molecule has 3 rings (SSSR count). The number of anilines is 1. The van der Waals surface area contributed by atoms with Gasteiger partial charge in [-0.25, -0.2) is 0 Å². The number of amides is 1. The van der Waals surface area contributed by atoms with Crippen molar-refractivity contribution in [3.05, 3.63) is 48.3 Å². The SMILES string of the molecule is CN(C)c1ccc(-c2cncc(C(=O)N3CCCNCC3)c2)cc1. The summed E-state index contributed by atoms with van der Waals surface area (Å²) in [6, 6.07) is 10.2. The van der Waals surface area contributed by atoms with Crippen molar-refractivity contribution in [1.82, 2.24) is 15.2 Å². The number of benzene rings is 1. The van der Waals surface area contributed by atoms with E-state index >= 15 is 0 Å². The topological polar surface area (TPSA) is 48.5 Å². The smallest absolute Gasteiger partial charge is 0.255 e. The van der Waals surface area contributed by atoms with Crippen LogP contribution in [0.15, 0.2) is 42.7 Å². The summed E-state index contributed by atoms with van der Waals surface area (Å²) < 4.78 is 0. The van der Waals surface area contributed by atoms with E-state index in [1.165, 1.54) is 0 Å². The first-order valence-corrected chi connectivity index (χ1v) is 8.38. The Morgan fingerprint density at radius 2 is 1.88 bits per heavy atom. The summed E-state index contributed by atoms with van der Waals surface area (Å²) in [5.74, 6) is 0.0676. The molecule has 1 N–H and O–H groups in total. The Balaban J connectivity index is 1.81. The molecule has 5 heteroatoms. The Bertz CT molecular complexity index is 689. The van der Waals surface area contributed by atoms with Crippen LogP contribution < -0.4 is 10.2 Å². The molecular weight excluding hydrogens is 300 g/mol. The summed E-state index contributed by atoms with van der Waals surface area (Å²) in [7, 11) is 4.04. The van der Waals surface area contributed by atoms with Crippen LogP contribution in [0, 0.1) is 0 Å². The number of aromatic nitrogens is 1. The first-order chi connectivity index (χ1) is 11.6. The van der Waals surface area contributed by atoms with Crippen molar-refractivity contribution in [3.8, 4) is 11.1 Å². The lowest BCUT2D eigenvalue weighted by Crippen LogP contribution is -2.34. The van der Waals surface area contributed by atoms with Gasteiger partial charge in [-0.3, -0.25) is 9.78 Å². The van der Waals surface area contributed by atoms with Gasteiger partial charge in [0, 0.05) is 57.4 Å². The molecule has 1 fully saturated rings. The molecule has 0 aliphatic carbocycles. The van der Waals surface area contributed by atoms with Crippen molar-refractivity contribution in [2.75, 3.05) is 45.2 Å². The van der Waals surface area contributed by atoms with Gasteiger partial charge < -0.3 is 15.1 Å². The number of carbonyl (C=O) groups is 1. The average Bonchev–Trinajstić information content (AvgIpc) is 2.90. The maximum atomic E-state index is 12.7. The molecule has 2 heterocycles. The molecule has 126 valence electrons. The fraction of sp³-hybridized carbons (Fsp3) is 0.368. The Morgan fingerprint density at radius 1 is 1.08 bits per heavy atom. The third kappa shape index (κ3) is 3.74. The summed E-state index contributed by atoms with van der Waals surface area (Å²) in [4.78, 5) is 21.0. The Labute approximate surface area is 143 Å². The third-order valence-electron chi connectivity index (χ3n) is 4.33. The lowest BCUT2D eigenvalue weighted by Gasteiger charge is -2.20. The third-order valence-corrected chi connectivity index (χ3v) is 4.33. The standard InChI is InChI=1S/C19H24N4O/c1-22(2)18-6-4-15(5-7-18)16-12-17(14-21-13-16)19(24)23-10-3-8-20-9-11-23/h4-7,12-14,20H,3,8-11H2,1-2H3. The molecule has 0 bridgehead atoms. The first kappa shape index (κ1) is 16.5. The molecule has 2 aromatic rings. The van der Waals surface area contributed by atoms with E-state index in [-0.39, 0.29) is 5.91 Å². The van der Waals surface area contributed by atoms with Gasteiger partial charge in [-0.05, 0) is 36.7 Å². The van der Waals surface area contributed by atoms with Crippen LogP contribution in [-0.2, 0) is 0 Å². The lowest BCUT2D eigenvalue weighted by atomic mass is 10.0. The molecule has 1 aliphatic heterocycles. The summed E-state index contributed by atoms with van der Waals surface area (Å²) in [6.07, 6.45) is 4.47. The Hall–Kier alpha value is -2.40. The molecule has 24 heavy (non-hydrogen) atoms. The van der Waals surface area contributed by atoms with Crippen molar-refractivity contribution in [2.45, 2.75) is 6.42 Å². The zero-order valence-electron chi connectivity index (χ0n) is 14.3. The maximum Gasteiger partial charge on any atom is 0.255 e. The summed E-state index contributed by atoms with van der Waals surface area (Å²) in [5.41, 5.74) is 3.85. The highest BCUT2D eigenvalue weighted by atomic mass is 16.2. The second-order valence-electron chi connectivity index (χ2n) is 6.30. The normalized spacial score (nSPS) is 15.0. The van der Waals surface area contributed by atoms with E-state index in [1.807, 2.05) is 31.3 Å². The summed E-state index contributed by atoms with van der Waals surface area (Å²) in [5, 5.41) is 3.32. The monoisotopic (exact) mass is 324 g/mol. The highest BCUT2D eigenvalue weighted by Gasteiger charge is 2.17. The van der Waals surface area contributed by atoms with Crippen molar-refractivity contribution in [2.24, 2.45) is 0 Å². The van der Waals surface area contributed by atoms with E-state index in [9.17, 15) is 4.79 Å². The minimum absolute atomic E-state index is 0.0676. The molecular formula is C19H24N4O. The maximum absolute atomic E-state index is 12.7. The molecule has 1 aromatic heterocycles. The minimum Gasteiger partial charge on any atom is -0.378 e. The van der Waals surface area contributed by atoms with Gasteiger partial charge in [0.05, 0.1) is 5.56 Å². The number of nitrogens with one attached hydrogen (secondary N) is 1. The largest absolute Gasteiger partial charge is 0.378 e. The van der Waals surface area contributed by atoms with Gasteiger partial charge >= 0.3 is 0 Å². The Kier molecular flexibility index (Phi) is 5.11. The molecule has 1 saturated heterocycles. The predicted molar refractivity (Wildman–Crippen MR) is 97.4 cm³/mol. The predicted octanol–water partition coefficient (Wildman–Crippen LogP) is 2.25. The molecule has 0 atom stereocenters. The van der Waals surface area contributed by atoms with Gasteiger partial charge in [0.2, 0.25) is 0 Å². The highest BCUT2D eigenvalue weighted by Crippen LogP contribution is 2.23. The van der Waals surface area contributed by atoms with Gasteiger partial charge in [0.15, 0.2) is 0 Å². The highest BCUT2D eigenvalue weighted by molar-refractivity contribution is 5.95. The summed E-state index contributed by atoms with van der Waals surface area (Å²) in [6.45, 7) is 3.37. The van der Waals surface area contributed by atoms with Crippen LogP contribution in [0.3, 0.4) is 0 Å². The van der Waals surface area contributed by atoms with E-state index in [0.29, 0.717) is 5.56 Å². The number of nitrogens with zero attached hydrogens (tertiary/aromatic N) is 3. The van der Waals surface area contributed by atoms with E-state index in [0.717, 1.165) is 49.4 Å². The quantitative estimate of drug-likeness (QED) is 0.941. The van der Waals surface area contributed by atoms with Crippen LogP contribution in [0.25, 0.3) is 11.1 Å². The first-order valence-electron chi connectivity index (χ1n) is 8.38.